The number of rotatable bonds is 31. The molecule has 0 aliphatic heterocycles. The van der Waals surface area contributed by atoms with Gasteiger partial charge in [-0.3, -0.25) is 9.59 Å². The molecule has 0 bridgehead atoms. The van der Waals surface area contributed by atoms with Crippen LogP contribution in [0.2, 0.25) is 0 Å². The maximum Gasteiger partial charge on any atom is 0.311 e. The Morgan fingerprint density at radius 1 is 0.418 bits per heavy atom. The second kappa shape index (κ2) is 38.8. The molecule has 0 aliphatic rings. The molecular weight excluding hydrogens is 677 g/mol. The predicted octanol–water partition coefficient (Wildman–Crippen LogP) is 14.6. The summed E-state index contributed by atoms with van der Waals surface area (Å²) in [5, 5.41) is 0. The topological polar surface area (TPSA) is 52.6 Å². The summed E-state index contributed by atoms with van der Waals surface area (Å²) in [6.07, 6.45) is 65.3. The minimum Gasteiger partial charge on any atom is -0.461 e. The zero-order valence-electron chi connectivity index (χ0n) is 33.8. The highest BCUT2D eigenvalue weighted by atomic mass is 16.5. The number of carbonyl (C=O) groups is 2. The van der Waals surface area contributed by atoms with Gasteiger partial charge in [0.05, 0.1) is 0 Å². The molecule has 0 amide bonds. The van der Waals surface area contributed by atoms with Gasteiger partial charge in [0.1, 0.15) is 12.4 Å². The summed E-state index contributed by atoms with van der Waals surface area (Å²) >= 11 is 0. The number of benzene rings is 1. The van der Waals surface area contributed by atoms with Crippen LogP contribution < -0.4 is 4.74 Å². The van der Waals surface area contributed by atoms with Crippen LogP contribution in [-0.2, 0) is 20.9 Å². The summed E-state index contributed by atoms with van der Waals surface area (Å²) in [7, 11) is 0. The number of hydrogen-bond acceptors (Lipinski definition) is 4. The van der Waals surface area contributed by atoms with Gasteiger partial charge < -0.3 is 9.47 Å². The van der Waals surface area contributed by atoms with Crippen molar-refractivity contribution < 1.29 is 19.1 Å². The van der Waals surface area contributed by atoms with Gasteiger partial charge in [0, 0.05) is 18.4 Å². The molecular formula is C51H68O4. The van der Waals surface area contributed by atoms with Crippen LogP contribution in [0.25, 0.3) is 0 Å². The monoisotopic (exact) mass is 745 g/mol. The third-order valence-corrected chi connectivity index (χ3v) is 7.81. The first-order valence-electron chi connectivity index (χ1n) is 20.4. The Bertz CT molecular complexity index is 1490. The molecule has 1 aromatic rings. The van der Waals surface area contributed by atoms with E-state index in [1.54, 1.807) is 12.1 Å². The van der Waals surface area contributed by atoms with E-state index in [0.717, 1.165) is 77.0 Å². The highest BCUT2D eigenvalue weighted by Crippen LogP contribution is 2.20. The minimum atomic E-state index is -0.309. The molecule has 0 atom stereocenters. The third-order valence-electron chi connectivity index (χ3n) is 7.81. The van der Waals surface area contributed by atoms with E-state index in [1.807, 2.05) is 24.3 Å². The van der Waals surface area contributed by atoms with Crippen LogP contribution in [0.1, 0.15) is 122 Å². The van der Waals surface area contributed by atoms with E-state index in [-0.39, 0.29) is 25.0 Å². The molecule has 4 nitrogen and oxygen atoms in total. The van der Waals surface area contributed by atoms with Crippen LogP contribution in [-0.4, -0.2) is 11.9 Å². The van der Waals surface area contributed by atoms with Crippen LogP contribution >= 0.6 is 0 Å². The molecule has 0 radical (unpaired) electrons. The van der Waals surface area contributed by atoms with Gasteiger partial charge in [0.2, 0.25) is 0 Å². The molecule has 1 aromatic carbocycles. The minimum absolute atomic E-state index is 0.0686. The maximum absolute atomic E-state index is 12.5. The highest BCUT2D eigenvalue weighted by molar-refractivity contribution is 5.73. The number of hydrogen-bond donors (Lipinski definition) is 0. The molecule has 1 rings (SSSR count). The van der Waals surface area contributed by atoms with Crippen molar-refractivity contribution in [1.29, 1.82) is 0 Å². The van der Waals surface area contributed by atoms with Gasteiger partial charge >= 0.3 is 11.9 Å². The quantitative estimate of drug-likeness (QED) is 0.0431. The summed E-state index contributed by atoms with van der Waals surface area (Å²) in [4.78, 5) is 24.8. The van der Waals surface area contributed by atoms with Crippen molar-refractivity contribution in [2.45, 2.75) is 123 Å². The average molecular weight is 745 g/mol. The van der Waals surface area contributed by atoms with Crippen LogP contribution in [0.5, 0.6) is 5.75 Å². The zero-order valence-corrected chi connectivity index (χ0v) is 33.8. The SMILES string of the molecule is CCC=CCC=CCC=CCC=CCC=CCC=CCCC(=O)OCc1ccccc1OC(=O)CCC=CCC=CCC=CCC=CCC=CCC=CCC. The van der Waals surface area contributed by atoms with Gasteiger partial charge in [-0.25, -0.2) is 0 Å². The fraction of sp³-hybridized carbons (Fsp3) is 0.373. The fourth-order valence-corrected chi connectivity index (χ4v) is 4.81. The Morgan fingerprint density at radius 3 is 1.09 bits per heavy atom. The molecule has 0 saturated heterocycles. The molecule has 0 N–H and O–H groups in total. The Balaban J connectivity index is 2.16. The molecule has 55 heavy (non-hydrogen) atoms. The lowest BCUT2D eigenvalue weighted by molar-refractivity contribution is -0.144. The second-order valence-corrected chi connectivity index (χ2v) is 12.7. The highest BCUT2D eigenvalue weighted by Gasteiger charge is 2.10. The van der Waals surface area contributed by atoms with E-state index in [4.69, 9.17) is 9.47 Å². The zero-order chi connectivity index (χ0) is 39.5. The number of allylic oxidation sites excluding steroid dienone is 24. The lowest BCUT2D eigenvalue weighted by atomic mass is 10.2. The first-order chi connectivity index (χ1) is 27.2. The average Bonchev–Trinajstić information content (AvgIpc) is 3.19. The number of esters is 2. The van der Waals surface area contributed by atoms with Crippen molar-refractivity contribution in [3.63, 3.8) is 0 Å². The van der Waals surface area contributed by atoms with E-state index >= 15 is 0 Å². The first-order valence-corrected chi connectivity index (χ1v) is 20.4. The Kier molecular flexibility index (Phi) is 33.9. The summed E-state index contributed by atoms with van der Waals surface area (Å²) in [6.45, 7) is 4.37. The Morgan fingerprint density at radius 2 is 0.727 bits per heavy atom. The van der Waals surface area contributed by atoms with Crippen LogP contribution in [0, 0.1) is 0 Å². The lowest BCUT2D eigenvalue weighted by Gasteiger charge is -2.10. The Hall–Kier alpha value is -4.96. The maximum atomic E-state index is 12.5. The van der Waals surface area contributed by atoms with E-state index in [9.17, 15) is 9.59 Å². The summed E-state index contributed by atoms with van der Waals surface area (Å²) in [5.41, 5.74) is 0.673. The van der Waals surface area contributed by atoms with Gasteiger partial charge in [0.15, 0.2) is 0 Å². The van der Waals surface area contributed by atoms with Crippen molar-refractivity contribution in [2.24, 2.45) is 0 Å². The smallest absolute Gasteiger partial charge is 0.311 e. The van der Waals surface area contributed by atoms with Gasteiger partial charge in [-0.2, -0.15) is 0 Å². The fourth-order valence-electron chi connectivity index (χ4n) is 4.81. The van der Waals surface area contributed by atoms with Crippen LogP contribution in [0.3, 0.4) is 0 Å². The molecule has 0 fully saturated rings. The van der Waals surface area contributed by atoms with E-state index < -0.39 is 0 Å². The standard InChI is InChI=1S/C51H68O4/c1-3-5-7-9-11-13-15-17-19-21-23-25-27-29-31-33-35-37-39-45-50(52)54-47-48-43-41-42-44-49(48)55-51(53)46-40-38-36-34-32-30-28-26-24-22-20-18-16-14-12-10-8-6-4-2/h5-8,11-14,17-20,23-26,29-32,35-38,41-44H,3-4,9-10,15-16,21-22,27-28,33-34,39-40,45-47H2,1-2H3. The normalized spacial score (nSPS) is 13.1. The summed E-state index contributed by atoms with van der Waals surface area (Å²) < 4.78 is 11.1. The molecule has 0 heterocycles. The first kappa shape index (κ1) is 48.1. The van der Waals surface area contributed by atoms with Gasteiger partial charge in [-0.05, 0) is 96.0 Å². The summed E-state index contributed by atoms with van der Waals surface area (Å²) in [5.74, 6) is -0.158. The van der Waals surface area contributed by atoms with Gasteiger partial charge in [-0.15, -0.1) is 0 Å². The Labute approximate surface area is 334 Å². The van der Waals surface area contributed by atoms with Crippen molar-refractivity contribution in [3.8, 4) is 5.75 Å². The lowest BCUT2D eigenvalue weighted by Crippen LogP contribution is -2.10. The molecule has 0 unspecified atom stereocenters. The molecule has 296 valence electrons. The van der Waals surface area contributed by atoms with Crippen molar-refractivity contribution in [2.75, 3.05) is 0 Å². The molecule has 0 aromatic heterocycles. The number of carbonyl (C=O) groups excluding carboxylic acids is 2. The molecule has 4 heteroatoms. The molecule has 0 spiro atoms. The number of ether oxygens (including phenoxy) is 2. The summed E-state index contributed by atoms with van der Waals surface area (Å²) in [6, 6.07) is 7.19. The second-order valence-electron chi connectivity index (χ2n) is 12.7. The molecule has 0 aliphatic carbocycles. The van der Waals surface area contributed by atoms with Gasteiger partial charge in [0.25, 0.3) is 0 Å². The van der Waals surface area contributed by atoms with E-state index in [1.165, 1.54) is 0 Å². The third kappa shape index (κ3) is 33.4. The van der Waals surface area contributed by atoms with E-state index in [2.05, 4.69) is 148 Å². The largest absolute Gasteiger partial charge is 0.461 e. The van der Waals surface area contributed by atoms with Crippen LogP contribution in [0.4, 0.5) is 0 Å². The van der Waals surface area contributed by atoms with Crippen molar-refractivity contribution in [1.82, 2.24) is 0 Å². The van der Waals surface area contributed by atoms with E-state index in [0.29, 0.717) is 30.6 Å². The number of para-hydroxylation sites is 1. The predicted molar refractivity (Wildman–Crippen MR) is 237 cm³/mol. The molecule has 0 saturated carbocycles. The van der Waals surface area contributed by atoms with Crippen LogP contribution in [0.15, 0.2) is 170 Å². The van der Waals surface area contributed by atoms with Crippen molar-refractivity contribution in [3.05, 3.63) is 176 Å². The van der Waals surface area contributed by atoms with Gasteiger partial charge in [-0.1, -0.05) is 178 Å². The van der Waals surface area contributed by atoms with Crippen molar-refractivity contribution >= 4 is 11.9 Å².